The summed E-state index contributed by atoms with van der Waals surface area (Å²) in [5.41, 5.74) is 0.641. The minimum atomic E-state index is -0.149. The molecule has 3 aliphatic rings. The van der Waals surface area contributed by atoms with Crippen LogP contribution in [0, 0.1) is 5.41 Å². The minimum absolute atomic E-state index is 0. The van der Waals surface area contributed by atoms with Gasteiger partial charge in [-0.3, -0.25) is 0 Å². The van der Waals surface area contributed by atoms with Crippen LogP contribution in [-0.2, 0) is 4.74 Å². The maximum Gasteiger partial charge on any atom is 0.409 e. The molecule has 1 saturated carbocycles. The van der Waals surface area contributed by atoms with Gasteiger partial charge in [0.1, 0.15) is 6.61 Å². The number of ether oxygens (including phenoxy) is 1. The number of piperidine rings is 1. The number of carbonyl (C=O) groups excluding carboxylic acids is 1. The summed E-state index contributed by atoms with van der Waals surface area (Å²) >= 11 is 0. The van der Waals surface area contributed by atoms with Crippen molar-refractivity contribution in [3.63, 3.8) is 0 Å². The van der Waals surface area contributed by atoms with Gasteiger partial charge in [-0.15, -0.1) is 24.8 Å². The van der Waals surface area contributed by atoms with E-state index in [4.69, 9.17) is 4.74 Å². The van der Waals surface area contributed by atoms with Gasteiger partial charge in [-0.1, -0.05) is 0 Å². The zero-order valence-corrected chi connectivity index (χ0v) is 14.8. The number of halogens is 2. The fourth-order valence-corrected chi connectivity index (χ4v) is 3.92. The number of nitrogens with zero attached hydrogens (tertiary/aromatic N) is 1. The Balaban J connectivity index is 0.00000121. The molecule has 0 unspecified atom stereocenters. The number of amides is 1. The summed E-state index contributed by atoms with van der Waals surface area (Å²) < 4.78 is 4.94. The van der Waals surface area contributed by atoms with Crippen molar-refractivity contribution in [3.05, 3.63) is 0 Å². The van der Waals surface area contributed by atoms with Crippen molar-refractivity contribution in [2.75, 3.05) is 39.3 Å². The van der Waals surface area contributed by atoms with E-state index in [1.54, 1.807) is 4.90 Å². The van der Waals surface area contributed by atoms with Crippen molar-refractivity contribution >= 4 is 30.9 Å². The maximum atomic E-state index is 11.3. The van der Waals surface area contributed by atoms with E-state index in [0.29, 0.717) is 18.1 Å². The predicted molar refractivity (Wildman–Crippen MR) is 92.2 cm³/mol. The normalized spacial score (nSPS) is 24.5. The van der Waals surface area contributed by atoms with Gasteiger partial charge in [0, 0.05) is 19.1 Å². The standard InChI is InChI=1S/C15H27N3O2.2ClH/c19-14-18(11-12-20-14)10-9-17-13-1-3-15(4-2-13)5-7-16-8-6-15;;/h13,16-17H,1-12H2;2*1H. The van der Waals surface area contributed by atoms with Crippen LogP contribution in [0.25, 0.3) is 0 Å². The molecule has 0 aromatic carbocycles. The van der Waals surface area contributed by atoms with Crippen LogP contribution < -0.4 is 10.6 Å². The number of nitrogens with one attached hydrogen (secondary N) is 2. The molecule has 0 bridgehead atoms. The van der Waals surface area contributed by atoms with Gasteiger partial charge >= 0.3 is 6.09 Å². The minimum Gasteiger partial charge on any atom is -0.448 e. The lowest BCUT2D eigenvalue weighted by atomic mass is 9.67. The second-order valence-corrected chi connectivity index (χ2v) is 6.58. The number of cyclic esters (lactones) is 1. The Bertz CT molecular complexity index is 342. The molecule has 2 heterocycles. The van der Waals surface area contributed by atoms with Crippen LogP contribution in [-0.4, -0.2) is 56.4 Å². The molecule has 2 saturated heterocycles. The van der Waals surface area contributed by atoms with E-state index in [9.17, 15) is 4.79 Å². The molecule has 2 N–H and O–H groups in total. The van der Waals surface area contributed by atoms with E-state index >= 15 is 0 Å². The molecule has 0 atom stereocenters. The molecule has 2 aliphatic heterocycles. The van der Waals surface area contributed by atoms with Crippen molar-refractivity contribution in [2.24, 2.45) is 5.41 Å². The maximum absolute atomic E-state index is 11.3. The average Bonchev–Trinajstić information content (AvgIpc) is 2.88. The molecule has 3 fully saturated rings. The fourth-order valence-electron chi connectivity index (χ4n) is 3.92. The molecule has 0 aromatic rings. The Morgan fingerprint density at radius 1 is 1.18 bits per heavy atom. The average molecular weight is 354 g/mol. The van der Waals surface area contributed by atoms with Crippen molar-refractivity contribution in [2.45, 2.75) is 44.6 Å². The van der Waals surface area contributed by atoms with E-state index in [1.807, 2.05) is 0 Å². The quantitative estimate of drug-likeness (QED) is 0.813. The highest BCUT2D eigenvalue weighted by molar-refractivity contribution is 5.85. The van der Waals surface area contributed by atoms with Crippen molar-refractivity contribution < 1.29 is 9.53 Å². The zero-order chi connectivity index (χ0) is 13.8. The van der Waals surface area contributed by atoms with E-state index in [0.717, 1.165) is 19.6 Å². The summed E-state index contributed by atoms with van der Waals surface area (Å²) in [7, 11) is 0. The molecule has 7 heteroatoms. The second kappa shape index (κ2) is 9.16. The largest absolute Gasteiger partial charge is 0.448 e. The summed E-state index contributed by atoms with van der Waals surface area (Å²) in [4.78, 5) is 13.1. The third-order valence-corrected chi connectivity index (χ3v) is 5.37. The molecular formula is C15H29Cl2N3O2. The molecule has 130 valence electrons. The summed E-state index contributed by atoms with van der Waals surface area (Å²) in [6, 6.07) is 0.647. The summed E-state index contributed by atoms with van der Waals surface area (Å²) in [5, 5.41) is 7.10. The highest BCUT2D eigenvalue weighted by Crippen LogP contribution is 2.43. The highest BCUT2D eigenvalue weighted by Gasteiger charge is 2.35. The first kappa shape index (κ1) is 19.8. The fraction of sp³-hybridized carbons (Fsp3) is 0.933. The molecule has 5 nitrogen and oxygen atoms in total. The molecule has 3 rings (SSSR count). The molecule has 0 radical (unpaired) electrons. The van der Waals surface area contributed by atoms with Crippen molar-refractivity contribution in [1.29, 1.82) is 0 Å². The van der Waals surface area contributed by atoms with E-state index in [1.165, 1.54) is 51.6 Å². The van der Waals surface area contributed by atoms with Crippen LogP contribution in [0.4, 0.5) is 4.79 Å². The van der Waals surface area contributed by atoms with Gasteiger partial charge in [0.2, 0.25) is 0 Å². The van der Waals surface area contributed by atoms with Gasteiger partial charge in [-0.25, -0.2) is 4.79 Å². The van der Waals surface area contributed by atoms with Gasteiger partial charge in [0.05, 0.1) is 6.54 Å². The highest BCUT2D eigenvalue weighted by atomic mass is 35.5. The third-order valence-electron chi connectivity index (χ3n) is 5.37. The van der Waals surface area contributed by atoms with Gasteiger partial charge in [0.25, 0.3) is 0 Å². The zero-order valence-electron chi connectivity index (χ0n) is 13.1. The van der Waals surface area contributed by atoms with Crippen molar-refractivity contribution in [1.82, 2.24) is 15.5 Å². The molecule has 22 heavy (non-hydrogen) atoms. The van der Waals surface area contributed by atoms with Gasteiger partial charge in [0.15, 0.2) is 0 Å². The van der Waals surface area contributed by atoms with E-state index in [-0.39, 0.29) is 30.9 Å². The Hall–Kier alpha value is -0.230. The molecule has 1 aliphatic carbocycles. The number of rotatable bonds is 4. The van der Waals surface area contributed by atoms with Crippen LogP contribution in [0.3, 0.4) is 0 Å². The molecular weight excluding hydrogens is 325 g/mol. The van der Waals surface area contributed by atoms with E-state index < -0.39 is 0 Å². The Morgan fingerprint density at radius 3 is 2.45 bits per heavy atom. The lowest BCUT2D eigenvalue weighted by Crippen LogP contribution is -2.44. The number of carbonyl (C=O) groups is 1. The third kappa shape index (κ3) is 4.88. The Morgan fingerprint density at radius 2 is 1.86 bits per heavy atom. The SMILES string of the molecule is Cl.Cl.O=C1OCCN1CCNC1CCC2(CCNCC2)CC1. The topological polar surface area (TPSA) is 53.6 Å². The summed E-state index contributed by atoms with van der Waals surface area (Å²) in [6.45, 7) is 5.39. The first-order valence-corrected chi connectivity index (χ1v) is 8.13. The first-order chi connectivity index (χ1) is 9.77. The van der Waals surface area contributed by atoms with Crippen LogP contribution in [0.5, 0.6) is 0 Å². The number of hydrogen-bond acceptors (Lipinski definition) is 4. The second-order valence-electron chi connectivity index (χ2n) is 6.58. The Kier molecular flexibility index (Phi) is 8.25. The van der Waals surface area contributed by atoms with E-state index in [2.05, 4.69) is 10.6 Å². The monoisotopic (exact) mass is 353 g/mol. The van der Waals surface area contributed by atoms with Gasteiger partial charge < -0.3 is 20.3 Å². The van der Waals surface area contributed by atoms with Crippen LogP contribution in [0.2, 0.25) is 0 Å². The van der Waals surface area contributed by atoms with Crippen LogP contribution >= 0.6 is 24.8 Å². The molecule has 0 aromatic heterocycles. The van der Waals surface area contributed by atoms with Gasteiger partial charge in [-0.2, -0.15) is 0 Å². The molecule has 1 amide bonds. The first-order valence-electron chi connectivity index (χ1n) is 8.13. The van der Waals surface area contributed by atoms with Gasteiger partial charge in [-0.05, 0) is 57.0 Å². The molecule has 1 spiro atoms. The lowest BCUT2D eigenvalue weighted by Gasteiger charge is -2.43. The smallest absolute Gasteiger partial charge is 0.409 e. The summed E-state index contributed by atoms with van der Waals surface area (Å²) in [5.74, 6) is 0. The van der Waals surface area contributed by atoms with Crippen LogP contribution in [0.15, 0.2) is 0 Å². The lowest BCUT2D eigenvalue weighted by molar-refractivity contribution is 0.115. The number of hydrogen-bond donors (Lipinski definition) is 2. The summed E-state index contributed by atoms with van der Waals surface area (Å²) in [6.07, 6.45) is 7.91. The Labute approximate surface area is 145 Å². The predicted octanol–water partition coefficient (Wildman–Crippen LogP) is 2.18. The van der Waals surface area contributed by atoms with Crippen LogP contribution in [0.1, 0.15) is 38.5 Å². The van der Waals surface area contributed by atoms with Crippen molar-refractivity contribution in [3.8, 4) is 0 Å².